The van der Waals surface area contributed by atoms with Gasteiger partial charge < -0.3 is 10.4 Å². The highest BCUT2D eigenvalue weighted by atomic mass is 16.6. The number of nitro groups is 1. The number of nitrogens with one attached hydrogen (secondary N) is 1. The first-order chi connectivity index (χ1) is 10.6. The van der Waals surface area contributed by atoms with Gasteiger partial charge in [0.25, 0.3) is 5.69 Å². The lowest BCUT2D eigenvalue weighted by molar-refractivity contribution is -0.384. The van der Waals surface area contributed by atoms with Crippen LogP contribution < -0.4 is 5.32 Å². The summed E-state index contributed by atoms with van der Waals surface area (Å²) >= 11 is 0. The molecule has 0 heterocycles. The van der Waals surface area contributed by atoms with E-state index in [0.717, 1.165) is 11.1 Å². The molecule has 0 fully saturated rings. The molecular formula is C16H16N2O4. The molecule has 114 valence electrons. The van der Waals surface area contributed by atoms with E-state index in [4.69, 9.17) is 5.11 Å². The fourth-order valence-electron chi connectivity index (χ4n) is 2.14. The first kappa shape index (κ1) is 15.7. The number of nitrogens with zero attached hydrogens (tertiary/aromatic N) is 1. The number of carboxylic acids is 1. The first-order valence-electron chi connectivity index (χ1n) is 6.79. The molecular weight excluding hydrogens is 284 g/mol. The van der Waals surface area contributed by atoms with Crippen molar-refractivity contribution in [2.24, 2.45) is 0 Å². The number of non-ortho nitro benzene ring substituents is 1. The molecule has 0 aliphatic carbocycles. The predicted molar refractivity (Wildman–Crippen MR) is 81.4 cm³/mol. The molecule has 0 saturated carbocycles. The Balaban J connectivity index is 2.04. The minimum Gasteiger partial charge on any atom is -0.481 e. The quantitative estimate of drug-likeness (QED) is 0.606. The van der Waals surface area contributed by atoms with Crippen molar-refractivity contribution in [1.29, 1.82) is 0 Å². The lowest BCUT2D eigenvalue weighted by Gasteiger charge is -2.17. The van der Waals surface area contributed by atoms with Crippen LogP contribution in [0.2, 0.25) is 0 Å². The second-order valence-corrected chi connectivity index (χ2v) is 4.87. The van der Waals surface area contributed by atoms with Crippen molar-refractivity contribution in [1.82, 2.24) is 5.32 Å². The Morgan fingerprint density at radius 2 is 1.77 bits per heavy atom. The molecule has 0 aromatic heterocycles. The van der Waals surface area contributed by atoms with Crippen LogP contribution >= 0.6 is 0 Å². The molecule has 6 nitrogen and oxygen atoms in total. The van der Waals surface area contributed by atoms with Crippen LogP contribution in [0, 0.1) is 10.1 Å². The molecule has 0 spiro atoms. The molecule has 0 amide bonds. The second kappa shape index (κ2) is 7.33. The molecule has 2 rings (SSSR count). The SMILES string of the molecule is O=C(O)C[C@@H](NCc1ccc([N+](=O)[O-])cc1)c1ccccc1. The Morgan fingerprint density at radius 3 is 2.32 bits per heavy atom. The third-order valence-electron chi connectivity index (χ3n) is 3.28. The highest BCUT2D eigenvalue weighted by Gasteiger charge is 2.15. The summed E-state index contributed by atoms with van der Waals surface area (Å²) in [7, 11) is 0. The molecule has 0 saturated heterocycles. The van der Waals surface area contributed by atoms with Crippen LogP contribution in [0.15, 0.2) is 54.6 Å². The molecule has 6 heteroatoms. The predicted octanol–water partition coefficient (Wildman–Crippen LogP) is 2.90. The van der Waals surface area contributed by atoms with E-state index < -0.39 is 10.9 Å². The molecule has 0 bridgehead atoms. The minimum absolute atomic E-state index is 0.0308. The van der Waals surface area contributed by atoms with Gasteiger partial charge in [0.05, 0.1) is 11.3 Å². The van der Waals surface area contributed by atoms with E-state index >= 15 is 0 Å². The van der Waals surface area contributed by atoms with Crippen molar-refractivity contribution in [3.05, 3.63) is 75.8 Å². The van der Waals surface area contributed by atoms with Crippen LogP contribution in [0.3, 0.4) is 0 Å². The summed E-state index contributed by atoms with van der Waals surface area (Å²) in [5, 5.41) is 22.8. The van der Waals surface area contributed by atoms with E-state index in [1.165, 1.54) is 12.1 Å². The van der Waals surface area contributed by atoms with Crippen molar-refractivity contribution < 1.29 is 14.8 Å². The summed E-state index contributed by atoms with van der Waals surface area (Å²) < 4.78 is 0. The number of carboxylic acid groups (broad SMARTS) is 1. The number of hydrogen-bond acceptors (Lipinski definition) is 4. The summed E-state index contributed by atoms with van der Waals surface area (Å²) in [6.07, 6.45) is -0.0308. The van der Waals surface area contributed by atoms with Gasteiger partial charge in [-0.1, -0.05) is 42.5 Å². The van der Waals surface area contributed by atoms with Crippen LogP contribution in [0.5, 0.6) is 0 Å². The van der Waals surface area contributed by atoms with Crippen molar-refractivity contribution >= 4 is 11.7 Å². The Bertz CT molecular complexity index is 641. The summed E-state index contributed by atoms with van der Waals surface area (Å²) in [5.74, 6) is -0.884. The van der Waals surface area contributed by atoms with E-state index in [2.05, 4.69) is 5.32 Å². The third-order valence-corrected chi connectivity index (χ3v) is 3.28. The third kappa shape index (κ3) is 4.39. The molecule has 0 radical (unpaired) electrons. The maximum Gasteiger partial charge on any atom is 0.305 e. The van der Waals surface area contributed by atoms with Gasteiger partial charge in [-0.3, -0.25) is 14.9 Å². The largest absolute Gasteiger partial charge is 0.481 e. The topological polar surface area (TPSA) is 92.5 Å². The highest BCUT2D eigenvalue weighted by Crippen LogP contribution is 2.18. The van der Waals surface area contributed by atoms with Crippen molar-refractivity contribution in [2.45, 2.75) is 19.0 Å². The van der Waals surface area contributed by atoms with E-state index in [1.807, 2.05) is 30.3 Å². The Kier molecular flexibility index (Phi) is 5.21. The second-order valence-electron chi connectivity index (χ2n) is 4.87. The van der Waals surface area contributed by atoms with Gasteiger partial charge in [-0.15, -0.1) is 0 Å². The maximum atomic E-state index is 11.0. The molecule has 0 aliphatic heterocycles. The van der Waals surface area contributed by atoms with E-state index in [-0.39, 0.29) is 18.2 Å². The Labute approximate surface area is 127 Å². The van der Waals surface area contributed by atoms with Gasteiger partial charge in [-0.2, -0.15) is 0 Å². The zero-order valence-electron chi connectivity index (χ0n) is 11.8. The van der Waals surface area contributed by atoms with Gasteiger partial charge in [-0.25, -0.2) is 0 Å². The van der Waals surface area contributed by atoms with Gasteiger partial charge >= 0.3 is 5.97 Å². The monoisotopic (exact) mass is 300 g/mol. The average Bonchev–Trinajstić information content (AvgIpc) is 2.52. The van der Waals surface area contributed by atoms with Crippen LogP contribution in [0.1, 0.15) is 23.6 Å². The van der Waals surface area contributed by atoms with Crippen molar-refractivity contribution in [2.75, 3.05) is 0 Å². The van der Waals surface area contributed by atoms with Gasteiger partial charge in [0.1, 0.15) is 0 Å². The molecule has 2 aromatic rings. The maximum absolute atomic E-state index is 11.0. The normalized spacial score (nSPS) is 11.8. The first-order valence-corrected chi connectivity index (χ1v) is 6.79. The zero-order valence-corrected chi connectivity index (χ0v) is 11.8. The van der Waals surface area contributed by atoms with Crippen molar-refractivity contribution in [3.8, 4) is 0 Å². The van der Waals surface area contributed by atoms with Gasteiger partial charge in [0, 0.05) is 24.7 Å². The number of nitro benzene ring substituents is 1. The summed E-state index contributed by atoms with van der Waals surface area (Å²) in [6, 6.07) is 15.2. The van der Waals surface area contributed by atoms with Crippen LogP contribution in [0.25, 0.3) is 0 Å². The number of benzene rings is 2. The van der Waals surface area contributed by atoms with E-state index in [9.17, 15) is 14.9 Å². The number of carbonyl (C=O) groups is 1. The molecule has 0 unspecified atom stereocenters. The highest BCUT2D eigenvalue weighted by molar-refractivity contribution is 5.67. The number of aliphatic carboxylic acids is 1. The fraction of sp³-hybridized carbons (Fsp3) is 0.188. The van der Waals surface area contributed by atoms with Gasteiger partial charge in [0.15, 0.2) is 0 Å². The number of hydrogen-bond donors (Lipinski definition) is 2. The summed E-state index contributed by atoms with van der Waals surface area (Å²) in [6.45, 7) is 0.435. The lowest BCUT2D eigenvalue weighted by Crippen LogP contribution is -2.23. The van der Waals surface area contributed by atoms with E-state index in [1.54, 1.807) is 12.1 Å². The van der Waals surface area contributed by atoms with Gasteiger partial charge in [-0.05, 0) is 11.1 Å². The van der Waals surface area contributed by atoms with Crippen molar-refractivity contribution in [3.63, 3.8) is 0 Å². The average molecular weight is 300 g/mol. The van der Waals surface area contributed by atoms with Crippen LogP contribution in [-0.4, -0.2) is 16.0 Å². The molecule has 2 N–H and O–H groups in total. The van der Waals surface area contributed by atoms with Crippen LogP contribution in [-0.2, 0) is 11.3 Å². The molecule has 22 heavy (non-hydrogen) atoms. The summed E-state index contributed by atoms with van der Waals surface area (Å²) in [5.41, 5.74) is 1.79. The molecule has 0 aliphatic rings. The smallest absolute Gasteiger partial charge is 0.305 e. The standard InChI is InChI=1S/C16H16N2O4/c19-16(20)10-15(13-4-2-1-3-5-13)17-11-12-6-8-14(9-7-12)18(21)22/h1-9,15,17H,10-11H2,(H,19,20)/t15-/m1/s1. The minimum atomic E-state index is -0.884. The summed E-state index contributed by atoms with van der Waals surface area (Å²) in [4.78, 5) is 21.2. The van der Waals surface area contributed by atoms with Crippen LogP contribution in [0.4, 0.5) is 5.69 Å². The number of rotatable bonds is 7. The molecule has 1 atom stereocenters. The van der Waals surface area contributed by atoms with E-state index in [0.29, 0.717) is 6.54 Å². The fourth-order valence-corrected chi connectivity index (χ4v) is 2.14. The lowest BCUT2D eigenvalue weighted by atomic mass is 10.0. The Hall–Kier alpha value is -2.73. The van der Waals surface area contributed by atoms with Gasteiger partial charge in [0.2, 0.25) is 0 Å². The molecule has 2 aromatic carbocycles. The Morgan fingerprint density at radius 1 is 1.14 bits per heavy atom. The zero-order chi connectivity index (χ0) is 15.9.